The minimum absolute atomic E-state index is 0.0628. The van der Waals surface area contributed by atoms with Crippen LogP contribution in [0.3, 0.4) is 0 Å². The molecule has 210 valence electrons. The summed E-state index contributed by atoms with van der Waals surface area (Å²) < 4.78 is 0. The molecule has 4 N–H and O–H groups in total. The van der Waals surface area contributed by atoms with Gasteiger partial charge in [0.05, 0.1) is 26.2 Å². The Morgan fingerprint density at radius 3 is 0.976 bits per heavy atom. The maximum Gasteiger partial charge on any atom is 0.325 e. The van der Waals surface area contributed by atoms with Gasteiger partial charge in [-0.3, -0.25) is 19.6 Å². The molecule has 0 spiro atoms. The second kappa shape index (κ2) is 8.10. The number of fused-ring (bicyclic) bond motifs is 2. The second-order valence-corrected chi connectivity index (χ2v) is 11.2. The van der Waals surface area contributed by atoms with E-state index in [0.29, 0.717) is 22.3 Å². The SMILES string of the molecule is O=C1N2Cc3cc(O)c(O)cc3CN3C(=O)N4Cc5cc(O)c(O)cc5CN1C4(c1ccccc1)C23c1ccccc1. The summed E-state index contributed by atoms with van der Waals surface area (Å²) in [6, 6.07) is 24.1. The van der Waals surface area contributed by atoms with Crippen LogP contribution in [0.2, 0.25) is 0 Å². The van der Waals surface area contributed by atoms with Gasteiger partial charge in [0, 0.05) is 11.1 Å². The van der Waals surface area contributed by atoms with Gasteiger partial charge in [-0.15, -0.1) is 0 Å². The van der Waals surface area contributed by atoms with Gasteiger partial charge < -0.3 is 20.4 Å². The Kier molecular flexibility index (Phi) is 4.71. The first-order valence-electron chi connectivity index (χ1n) is 13.7. The van der Waals surface area contributed by atoms with Crippen molar-refractivity contribution in [1.29, 1.82) is 0 Å². The molecule has 2 saturated heterocycles. The minimum Gasteiger partial charge on any atom is -0.504 e. The fourth-order valence-electron chi connectivity index (χ4n) is 7.58. The number of hydrogen-bond donors (Lipinski definition) is 4. The van der Waals surface area contributed by atoms with E-state index in [9.17, 15) is 30.0 Å². The monoisotopic (exact) mass is 562 g/mol. The molecule has 4 aromatic rings. The molecule has 0 bridgehead atoms. The second-order valence-electron chi connectivity index (χ2n) is 11.2. The first-order chi connectivity index (χ1) is 20.3. The van der Waals surface area contributed by atoms with Crippen molar-refractivity contribution >= 4 is 12.1 Å². The van der Waals surface area contributed by atoms with Crippen molar-refractivity contribution in [2.45, 2.75) is 37.5 Å². The van der Waals surface area contributed by atoms with Crippen LogP contribution < -0.4 is 0 Å². The number of aromatic hydroxyl groups is 4. The van der Waals surface area contributed by atoms with E-state index in [4.69, 9.17) is 0 Å². The standard InChI is InChI=1S/C32H26N4O6/c37-25-11-19-15-33-29(41)35-17-21-13-27(39)28(40)14-22(21)18-36-30(42)34(16-20(19)12-26(25)38)31(33,23-7-3-1-4-8-23)32(35,36)24-9-5-2-6-10-24/h1-14,37-40H,15-18H2. The molecule has 42 heavy (non-hydrogen) atoms. The lowest BCUT2D eigenvalue weighted by atomic mass is 9.79. The molecule has 4 aromatic carbocycles. The minimum atomic E-state index is -1.37. The van der Waals surface area contributed by atoms with Crippen molar-refractivity contribution in [2.24, 2.45) is 0 Å². The van der Waals surface area contributed by atoms with Gasteiger partial charge in [0.2, 0.25) is 0 Å². The Hall–Kier alpha value is -5.38. The summed E-state index contributed by atoms with van der Waals surface area (Å²) in [5, 5.41) is 41.7. The molecule has 4 amide bonds. The number of nitrogens with zero attached hydrogens (tertiary/aromatic N) is 4. The van der Waals surface area contributed by atoms with Crippen LogP contribution in [0.15, 0.2) is 84.9 Å². The van der Waals surface area contributed by atoms with E-state index in [1.54, 1.807) is 19.6 Å². The van der Waals surface area contributed by atoms with E-state index < -0.39 is 11.3 Å². The van der Waals surface area contributed by atoms with Crippen molar-refractivity contribution in [1.82, 2.24) is 19.6 Å². The smallest absolute Gasteiger partial charge is 0.325 e. The Balaban J connectivity index is 1.51. The van der Waals surface area contributed by atoms with Crippen LogP contribution in [0.25, 0.3) is 0 Å². The molecule has 2 fully saturated rings. The fourth-order valence-corrected chi connectivity index (χ4v) is 7.58. The summed E-state index contributed by atoms with van der Waals surface area (Å²) in [6.07, 6.45) is 0. The van der Waals surface area contributed by atoms with Crippen molar-refractivity contribution in [2.75, 3.05) is 0 Å². The maximum absolute atomic E-state index is 14.9. The van der Waals surface area contributed by atoms with E-state index in [0.717, 1.165) is 11.1 Å². The van der Waals surface area contributed by atoms with Crippen LogP contribution in [0.5, 0.6) is 23.0 Å². The van der Waals surface area contributed by atoms with E-state index in [-0.39, 0.29) is 61.2 Å². The Morgan fingerprint density at radius 2 is 0.714 bits per heavy atom. The number of carbonyl (C=O) groups is 2. The first kappa shape index (κ1) is 24.4. The summed E-state index contributed by atoms with van der Waals surface area (Å²) in [7, 11) is 0. The number of hydrogen-bond acceptors (Lipinski definition) is 6. The zero-order chi connectivity index (χ0) is 29.0. The Bertz CT molecular complexity index is 1600. The van der Waals surface area contributed by atoms with Gasteiger partial charge in [-0.05, 0) is 46.5 Å². The van der Waals surface area contributed by atoms with Crippen LogP contribution in [-0.4, -0.2) is 52.1 Å². The van der Waals surface area contributed by atoms with E-state index in [1.807, 2.05) is 60.7 Å². The lowest BCUT2D eigenvalue weighted by molar-refractivity contribution is -0.0793. The summed E-state index contributed by atoms with van der Waals surface area (Å²) in [6.45, 7) is 0.251. The van der Waals surface area contributed by atoms with Crippen LogP contribution in [0, 0.1) is 0 Å². The van der Waals surface area contributed by atoms with Gasteiger partial charge in [0.25, 0.3) is 0 Å². The third-order valence-electron chi connectivity index (χ3n) is 9.23. The topological polar surface area (TPSA) is 128 Å². The number of rotatable bonds is 2. The molecule has 0 radical (unpaired) electrons. The molecule has 10 heteroatoms. The zero-order valence-electron chi connectivity index (χ0n) is 22.3. The quantitative estimate of drug-likeness (QED) is 0.268. The Labute approximate surface area is 240 Å². The van der Waals surface area contributed by atoms with Gasteiger partial charge >= 0.3 is 12.1 Å². The summed E-state index contributed by atoms with van der Waals surface area (Å²) in [5.41, 5.74) is 1.16. The average Bonchev–Trinajstić information content (AvgIpc) is 3.16. The molecule has 0 atom stereocenters. The van der Waals surface area contributed by atoms with Crippen molar-refractivity contribution in [3.63, 3.8) is 0 Å². The van der Waals surface area contributed by atoms with Gasteiger partial charge in [-0.1, -0.05) is 60.7 Å². The van der Waals surface area contributed by atoms with Gasteiger partial charge in [0.1, 0.15) is 0 Å². The van der Waals surface area contributed by atoms with Crippen LogP contribution in [0.1, 0.15) is 33.4 Å². The molecule has 4 aliphatic heterocycles. The van der Waals surface area contributed by atoms with Gasteiger partial charge in [0.15, 0.2) is 34.3 Å². The van der Waals surface area contributed by atoms with Gasteiger partial charge in [-0.25, -0.2) is 9.59 Å². The highest BCUT2D eigenvalue weighted by molar-refractivity contribution is 5.90. The highest BCUT2D eigenvalue weighted by Crippen LogP contribution is 2.65. The van der Waals surface area contributed by atoms with E-state index >= 15 is 0 Å². The molecule has 4 aliphatic rings. The highest BCUT2D eigenvalue weighted by Gasteiger charge is 2.80. The molecule has 10 nitrogen and oxygen atoms in total. The number of phenols is 4. The maximum atomic E-state index is 14.9. The third-order valence-corrected chi connectivity index (χ3v) is 9.23. The predicted molar refractivity (Wildman–Crippen MR) is 149 cm³/mol. The van der Waals surface area contributed by atoms with Crippen LogP contribution in [0.4, 0.5) is 9.59 Å². The fraction of sp³-hybridized carbons (Fsp3) is 0.188. The lowest BCUT2D eigenvalue weighted by Gasteiger charge is -2.49. The number of phenolic OH excluding ortho intramolecular Hbond substituents is 4. The zero-order valence-corrected chi connectivity index (χ0v) is 22.3. The largest absolute Gasteiger partial charge is 0.504 e. The van der Waals surface area contributed by atoms with Crippen molar-refractivity contribution in [3.8, 4) is 23.0 Å². The molecule has 4 heterocycles. The average molecular weight is 563 g/mol. The van der Waals surface area contributed by atoms with Crippen LogP contribution in [-0.2, 0) is 37.5 Å². The number of urea groups is 2. The van der Waals surface area contributed by atoms with Crippen molar-refractivity contribution in [3.05, 3.63) is 118 Å². The van der Waals surface area contributed by atoms with E-state index in [1.165, 1.54) is 24.3 Å². The summed E-state index contributed by atoms with van der Waals surface area (Å²) in [5.74, 6) is -1.22. The van der Waals surface area contributed by atoms with Crippen molar-refractivity contribution < 1.29 is 30.0 Å². The highest BCUT2D eigenvalue weighted by atomic mass is 16.3. The van der Waals surface area contributed by atoms with E-state index in [2.05, 4.69) is 0 Å². The number of benzene rings is 4. The van der Waals surface area contributed by atoms with Gasteiger partial charge in [-0.2, -0.15) is 0 Å². The summed E-state index contributed by atoms with van der Waals surface area (Å²) in [4.78, 5) is 36.6. The summed E-state index contributed by atoms with van der Waals surface area (Å²) >= 11 is 0. The molecule has 0 aliphatic carbocycles. The number of amides is 4. The first-order valence-corrected chi connectivity index (χ1v) is 13.7. The predicted octanol–water partition coefficient (Wildman–Crippen LogP) is 4.42. The molecule has 0 saturated carbocycles. The molecular formula is C32H26N4O6. The molecule has 0 unspecified atom stereocenters. The number of carbonyl (C=O) groups excluding carboxylic acids is 2. The third kappa shape index (κ3) is 2.73. The Morgan fingerprint density at radius 1 is 0.452 bits per heavy atom. The lowest BCUT2D eigenvalue weighted by Crippen LogP contribution is -2.62. The normalized spacial score (nSPS) is 23.8. The molecule has 0 aromatic heterocycles. The van der Waals surface area contributed by atoms with Crippen LogP contribution >= 0.6 is 0 Å². The molecular weight excluding hydrogens is 536 g/mol. The molecule has 8 rings (SSSR count).